The van der Waals surface area contributed by atoms with Gasteiger partial charge in [-0.2, -0.15) is 4.52 Å². The van der Waals surface area contributed by atoms with E-state index in [0.717, 1.165) is 33.4 Å². The second kappa shape index (κ2) is 20.1. The molecule has 288 valence electrons. The Kier molecular flexibility index (Phi) is 14.8. The van der Waals surface area contributed by atoms with Crippen LogP contribution in [0, 0.1) is 0 Å². The fourth-order valence-corrected chi connectivity index (χ4v) is 11.4. The molecule has 0 aliphatic carbocycles. The zero-order valence-electron chi connectivity index (χ0n) is 32.6. The summed E-state index contributed by atoms with van der Waals surface area (Å²) in [6.07, 6.45) is -0.728. The lowest BCUT2D eigenvalue weighted by molar-refractivity contribution is 0.217. The molecule has 0 aliphatic heterocycles. The average Bonchev–Trinajstić information content (AvgIpc) is 3.19. The van der Waals surface area contributed by atoms with Crippen molar-refractivity contribution in [3.05, 3.63) is 164 Å². The van der Waals surface area contributed by atoms with Crippen molar-refractivity contribution in [3.63, 3.8) is 0 Å². The average molecular weight is 807 g/mol. The Morgan fingerprint density at radius 1 is 0.482 bits per heavy atom. The molecule has 56 heavy (non-hydrogen) atoms. The number of nitrogens with one attached hydrogen (secondary N) is 1. The summed E-state index contributed by atoms with van der Waals surface area (Å²) >= 11 is 0. The molecule has 3 unspecified atom stereocenters. The molecule has 0 radical (unpaired) electrons. The van der Waals surface area contributed by atoms with Crippen molar-refractivity contribution in [2.24, 2.45) is 4.52 Å². The summed E-state index contributed by atoms with van der Waals surface area (Å²) in [6.45, 7) is 11.7. The maximum absolute atomic E-state index is 6.88. The van der Waals surface area contributed by atoms with Gasteiger partial charge in [-0.05, 0) is 116 Å². The normalized spacial score (nSPS) is 13.4. The van der Waals surface area contributed by atoms with Gasteiger partial charge in [0.15, 0.2) is 11.5 Å². The number of rotatable bonds is 18. The predicted molar refractivity (Wildman–Crippen MR) is 233 cm³/mol. The molecule has 1 N–H and O–H groups in total. The zero-order chi connectivity index (χ0) is 39.3. The summed E-state index contributed by atoms with van der Waals surface area (Å²) < 4.78 is 44.7. The molecule has 0 saturated carbocycles. The van der Waals surface area contributed by atoms with E-state index in [1.165, 1.54) is 0 Å². The third-order valence-electron chi connectivity index (χ3n) is 7.85. The van der Waals surface area contributed by atoms with Crippen LogP contribution in [0.1, 0.15) is 41.5 Å². The van der Waals surface area contributed by atoms with Crippen molar-refractivity contribution in [2.75, 3.05) is 0 Å². The molecule has 3 atom stereocenters. The minimum absolute atomic E-state index is 0.198. The van der Waals surface area contributed by atoms with E-state index in [1.807, 2.05) is 169 Å². The summed E-state index contributed by atoms with van der Waals surface area (Å²) in [7, 11) is -7.40. The minimum Gasteiger partial charge on any atom is -0.434 e. The van der Waals surface area contributed by atoms with E-state index in [9.17, 15) is 0 Å². The van der Waals surface area contributed by atoms with Crippen molar-refractivity contribution in [1.29, 1.82) is 0 Å². The van der Waals surface area contributed by atoms with Gasteiger partial charge < -0.3 is 9.05 Å². The Bertz CT molecular complexity index is 2100. The largest absolute Gasteiger partial charge is 0.660 e. The van der Waals surface area contributed by atoms with E-state index >= 15 is 0 Å². The Morgan fingerprint density at radius 3 is 1.30 bits per heavy atom. The van der Waals surface area contributed by atoms with Crippen LogP contribution < -0.4 is 18.4 Å². The van der Waals surface area contributed by atoms with Crippen molar-refractivity contribution in [2.45, 2.75) is 59.9 Å². The van der Waals surface area contributed by atoms with E-state index < -0.39 is 24.7 Å². The summed E-state index contributed by atoms with van der Waals surface area (Å²) in [5, 5.41) is 0. The van der Waals surface area contributed by atoms with Gasteiger partial charge in [0.2, 0.25) is 4.52 Å². The van der Waals surface area contributed by atoms with Gasteiger partial charge in [-0.15, -0.1) is 4.52 Å². The molecule has 0 fully saturated rings. The van der Waals surface area contributed by atoms with Crippen molar-refractivity contribution >= 4 is 24.7 Å². The summed E-state index contributed by atoms with van der Waals surface area (Å²) in [5.41, 5.74) is 6.53. The van der Waals surface area contributed by atoms with Crippen LogP contribution in [-0.4, -0.2) is 18.3 Å². The van der Waals surface area contributed by atoms with Gasteiger partial charge in [0.1, 0.15) is 18.0 Å². The van der Waals surface area contributed by atoms with Gasteiger partial charge >= 0.3 is 24.7 Å². The van der Waals surface area contributed by atoms with Gasteiger partial charge in [-0.1, -0.05) is 127 Å². The van der Waals surface area contributed by atoms with E-state index in [4.69, 9.17) is 31.7 Å². The second-order valence-electron chi connectivity index (χ2n) is 13.6. The minimum atomic E-state index is -3.54. The smallest absolute Gasteiger partial charge is 0.434 e. The fraction of sp³-hybridized carbons (Fsp3) is 0.200. The molecule has 0 aromatic heterocycles. The lowest BCUT2D eigenvalue weighted by Crippen LogP contribution is -2.23. The van der Waals surface area contributed by atoms with Crippen LogP contribution in [0.25, 0.3) is 33.4 Å². The van der Waals surface area contributed by atoms with Gasteiger partial charge in [0.05, 0.1) is 6.10 Å². The molecule has 0 amide bonds. The van der Waals surface area contributed by atoms with Gasteiger partial charge in [-0.25, -0.2) is 4.52 Å². The van der Waals surface area contributed by atoms with Gasteiger partial charge in [-0.3, -0.25) is 4.52 Å². The van der Waals surface area contributed by atoms with Crippen LogP contribution in [0.5, 0.6) is 17.2 Å². The molecule has 6 rings (SSSR count). The first-order valence-electron chi connectivity index (χ1n) is 18.7. The molecular weight excluding hydrogens is 757 g/mol. The molecule has 6 aromatic carbocycles. The van der Waals surface area contributed by atoms with Gasteiger partial charge in [0.25, 0.3) is 0 Å². The van der Waals surface area contributed by atoms with E-state index in [1.54, 1.807) is 0 Å². The Labute approximate surface area is 334 Å². The molecule has 0 heterocycles. The predicted octanol–water partition coefficient (Wildman–Crippen LogP) is 14.5. The van der Waals surface area contributed by atoms with Crippen LogP contribution in [0.15, 0.2) is 168 Å². The quantitative estimate of drug-likeness (QED) is 0.0867. The number of benzene rings is 6. The summed E-state index contributed by atoms with van der Waals surface area (Å²) in [4.78, 5) is 3.52. The Hall–Kier alpha value is -4.48. The van der Waals surface area contributed by atoms with E-state index in [-0.39, 0.29) is 18.3 Å². The highest BCUT2D eigenvalue weighted by Crippen LogP contribution is 2.68. The van der Waals surface area contributed by atoms with Crippen molar-refractivity contribution in [3.8, 4) is 50.6 Å². The molecule has 8 nitrogen and oxygen atoms in total. The monoisotopic (exact) mass is 806 g/mol. The molecule has 0 spiro atoms. The second-order valence-corrected chi connectivity index (χ2v) is 18.3. The highest BCUT2D eigenvalue weighted by molar-refractivity contribution is 7.75. The van der Waals surface area contributed by atoms with Crippen LogP contribution in [-0.2, 0) is 13.6 Å². The fourth-order valence-electron chi connectivity index (χ4n) is 5.45. The molecule has 6 aromatic rings. The summed E-state index contributed by atoms with van der Waals surface area (Å²) in [5.74, 6) is 1.77. The van der Waals surface area contributed by atoms with Crippen molar-refractivity contribution < 1.29 is 27.1 Å². The lowest BCUT2D eigenvalue weighted by atomic mass is 10.1. The molecule has 0 aliphatic rings. The van der Waals surface area contributed by atoms with E-state index in [0.29, 0.717) is 17.2 Å². The first-order valence-corrected chi connectivity index (χ1v) is 22.6. The third kappa shape index (κ3) is 12.3. The van der Waals surface area contributed by atoms with Crippen LogP contribution in [0.4, 0.5) is 0 Å². The number of nitrogens with zero attached hydrogens (tertiary/aromatic N) is 1. The first kappa shape index (κ1) is 41.2. The van der Waals surface area contributed by atoms with E-state index in [2.05, 4.69) is 41.3 Å². The van der Waals surface area contributed by atoms with Crippen LogP contribution in [0.3, 0.4) is 0 Å². The number of hydrogen-bond donors (Lipinski definition) is 1. The SMILES string of the molecule is CC(C)OP(N[P+](N=[P+](Oc1ccc(-c2ccccc2)cc1)OC(C)C)(Oc1ccc(-c2ccccc2)cc1)OC(C)C)Oc1ccc(-c2ccccc2)cc1. The first-order chi connectivity index (χ1) is 27.1. The number of hydrogen-bond acceptors (Lipinski definition) is 8. The lowest BCUT2D eigenvalue weighted by Gasteiger charge is -2.24. The topological polar surface area (TPSA) is 79.8 Å². The van der Waals surface area contributed by atoms with Crippen LogP contribution >= 0.6 is 24.7 Å². The summed E-state index contributed by atoms with van der Waals surface area (Å²) in [6, 6.07) is 54.3. The standard InChI is InChI=1S/C45H49N2O6P3/c1-34(2)48-54(50-43-28-22-40(23-29-43)37-16-10-7-11-17-37)46-56(52-36(5)6,53-45-32-26-42(27-33-45)39-20-14-9-15-21-39)47-55(49-35(3)4)51-44-30-24-41(25-31-44)38-18-12-8-13-19-38/h7-36,46H,1-6H3/q+2. The molecule has 11 heteroatoms. The highest BCUT2D eigenvalue weighted by atomic mass is 31.3. The molecule has 0 bridgehead atoms. The maximum atomic E-state index is 6.88. The third-order valence-corrected chi connectivity index (χ3v) is 14.2. The Balaban J connectivity index is 1.37. The Morgan fingerprint density at radius 2 is 0.893 bits per heavy atom. The molecular formula is C45H49N2O6P3+2. The van der Waals surface area contributed by atoms with Crippen LogP contribution in [0.2, 0.25) is 0 Å². The molecule has 0 saturated heterocycles. The highest BCUT2D eigenvalue weighted by Gasteiger charge is 2.58. The van der Waals surface area contributed by atoms with Gasteiger partial charge in [0, 0.05) is 0 Å². The maximum Gasteiger partial charge on any atom is 0.660 e. The van der Waals surface area contributed by atoms with Crippen molar-refractivity contribution in [1.82, 2.24) is 4.86 Å². The zero-order valence-corrected chi connectivity index (χ0v) is 35.2.